The summed E-state index contributed by atoms with van der Waals surface area (Å²) in [6.07, 6.45) is 23.5. The van der Waals surface area contributed by atoms with Crippen LogP contribution in [0.3, 0.4) is 0 Å². The standard InChI is InChI=1S/C16H25N5O6S.C16H25N5O3.C16H36N.C15H24N6O6S/c1-11-4-7-19(8-5-11)9-6-14-17-18-15(26-14)13-3-2-12-10-20(13)16(22)21(12)27-28(23,24)25;1-11-4-7-19(8-5-11)9-6-14-17-18-15(24-14)13-3-2-12-10-20(13)16(22)21(12)23;1-5-9-13-17(14-10-6-2,15-11-7-3)16-12-8-4;16-10-3-6-19(7-4-10)8-5-13-17-18-14(26-13)12-2-1-11-9-20(12)15(22)21(11)27-28(23,24)25/h11-13H,2-10H2,1H3,(H,23,24,25);11-13,23H,2-10H2,1H3;5-16H2,1-4H3;10-12H,1-9,16H2,(H,23,24,25)/q;;+1;/p-1/t2*12-,13+;;11-,12+/m11.1/s1. The number of piperidine rings is 6. The van der Waals surface area contributed by atoms with E-state index in [4.69, 9.17) is 23.5 Å². The van der Waals surface area contributed by atoms with E-state index < -0.39 is 57.0 Å². The Morgan fingerprint density at radius 3 is 1.18 bits per heavy atom. The van der Waals surface area contributed by atoms with Crippen LogP contribution in [0.1, 0.15) is 223 Å². The molecular formula is C63H109N17O15S2. The minimum Gasteiger partial charge on any atom is -0.724 e. The number of rotatable bonds is 28. The Labute approximate surface area is 572 Å². The van der Waals surface area contributed by atoms with Crippen molar-refractivity contribution >= 4 is 38.9 Å². The molecule has 12 rings (SSSR count). The van der Waals surface area contributed by atoms with E-state index in [1.165, 1.54) is 118 Å². The van der Waals surface area contributed by atoms with E-state index in [1.54, 1.807) is 4.90 Å². The summed E-state index contributed by atoms with van der Waals surface area (Å²) in [6, 6.07) is -3.50. The third-order valence-electron chi connectivity index (χ3n) is 20.9. The fourth-order valence-electron chi connectivity index (χ4n) is 14.7. The van der Waals surface area contributed by atoms with Gasteiger partial charge in [-0.3, -0.25) is 9.76 Å². The van der Waals surface area contributed by atoms with Gasteiger partial charge in [-0.25, -0.2) is 27.9 Å². The molecule has 0 aromatic carbocycles. The summed E-state index contributed by atoms with van der Waals surface area (Å²) in [7, 11) is -9.77. The molecule has 6 bridgehead atoms. The van der Waals surface area contributed by atoms with E-state index in [0.717, 1.165) is 108 Å². The van der Waals surface area contributed by atoms with Gasteiger partial charge >= 0.3 is 28.5 Å². The molecule has 0 saturated carbocycles. The largest absolute Gasteiger partial charge is 0.724 e. The first-order chi connectivity index (χ1) is 46.5. The third kappa shape index (κ3) is 21.2. The number of quaternary nitrogens is 1. The minimum absolute atomic E-state index is 0.0994. The lowest BCUT2D eigenvalue weighted by molar-refractivity contribution is -0.929. The highest BCUT2D eigenvalue weighted by Crippen LogP contribution is 2.41. The van der Waals surface area contributed by atoms with E-state index in [2.05, 4.69) is 95.4 Å². The van der Waals surface area contributed by atoms with Gasteiger partial charge in [-0.2, -0.15) is 22.8 Å². The van der Waals surface area contributed by atoms with Crippen LogP contribution in [0.5, 0.6) is 0 Å². The van der Waals surface area contributed by atoms with E-state index in [-0.39, 0.29) is 37.2 Å². The molecule has 4 N–H and O–H groups in total. The van der Waals surface area contributed by atoms with Gasteiger partial charge in [-0.1, -0.05) is 67.2 Å². The molecule has 0 spiro atoms. The molecule has 9 saturated heterocycles. The number of unbranched alkanes of at least 4 members (excludes halogenated alkanes) is 4. The van der Waals surface area contributed by atoms with Gasteiger partial charge in [0.15, 0.2) is 0 Å². The first kappa shape index (κ1) is 75.9. The summed E-state index contributed by atoms with van der Waals surface area (Å²) in [6.45, 7) is 29.6. The molecule has 548 valence electrons. The zero-order chi connectivity index (χ0) is 69.4. The fourth-order valence-corrected chi connectivity index (χ4v) is 15.5. The Hall–Kier alpha value is -5.27. The number of urea groups is 3. The van der Waals surface area contributed by atoms with Gasteiger partial charge in [0.25, 0.3) is 0 Å². The summed E-state index contributed by atoms with van der Waals surface area (Å²) < 4.78 is 90.9. The van der Waals surface area contributed by atoms with Crippen LogP contribution in [0.2, 0.25) is 0 Å². The topological polar surface area (TPSA) is 373 Å². The zero-order valence-electron chi connectivity index (χ0n) is 58.0. The predicted octanol–water partition coefficient (Wildman–Crippen LogP) is 7.07. The van der Waals surface area contributed by atoms with Gasteiger partial charge in [0.05, 0.1) is 44.3 Å². The molecule has 97 heavy (non-hydrogen) atoms. The number of nitrogens with zero attached hydrogens (tertiary/aromatic N) is 16. The second kappa shape index (κ2) is 35.4. The lowest BCUT2D eigenvalue weighted by Gasteiger charge is -2.39. The van der Waals surface area contributed by atoms with Crippen molar-refractivity contribution in [2.75, 3.05) is 105 Å². The number of fused-ring (bicyclic) bond motifs is 6. The fraction of sp³-hybridized carbons (Fsp3) is 0.857. The van der Waals surface area contributed by atoms with Crippen molar-refractivity contribution < 1.29 is 71.8 Å². The maximum atomic E-state index is 12.5. The Morgan fingerprint density at radius 1 is 0.495 bits per heavy atom. The SMILES string of the molecule is CC1CCN(CCc2nnc([C@@H]3CC[C@@H]4CN3C(=O)N4O)o2)CC1.CC1CCN(CCc2nnc([C@@H]3CC[C@@H]4CN3C(=O)N4OS(=O)(=O)[O-])o2)CC1.CCCC[N+](CCCC)(CCCC)CCCC.NC1CCN(CCc2nnc([C@@H]3CC[C@@H]4CN3C(=O)N4OS(=O)(=O)O)o2)CC1. The lowest BCUT2D eigenvalue weighted by atomic mass is 9.99. The van der Waals surface area contributed by atoms with E-state index in [1.807, 2.05) is 0 Å². The van der Waals surface area contributed by atoms with E-state index in [9.17, 15) is 41.0 Å². The number of amides is 6. The maximum Gasteiger partial charge on any atom is 0.418 e. The predicted molar refractivity (Wildman–Crippen MR) is 351 cm³/mol. The maximum absolute atomic E-state index is 12.5. The summed E-state index contributed by atoms with van der Waals surface area (Å²) >= 11 is 0. The first-order valence-electron chi connectivity index (χ1n) is 36.0. The van der Waals surface area contributed by atoms with Crippen LogP contribution in [-0.2, 0) is 48.6 Å². The second-order valence-electron chi connectivity index (χ2n) is 28.3. The molecule has 12 heterocycles. The lowest BCUT2D eigenvalue weighted by Crippen LogP contribution is -2.50. The van der Waals surface area contributed by atoms with Gasteiger partial charge < -0.3 is 57.4 Å². The van der Waals surface area contributed by atoms with Crippen molar-refractivity contribution in [3.8, 4) is 0 Å². The molecular weight excluding hydrogens is 1300 g/mol. The Morgan fingerprint density at radius 2 is 0.825 bits per heavy atom. The number of carbonyl (C=O) groups is 3. The molecule has 3 aromatic heterocycles. The molecule has 3 aromatic rings. The number of hydroxylamine groups is 6. The second-order valence-corrected chi connectivity index (χ2v) is 30.2. The van der Waals surface area contributed by atoms with Gasteiger partial charge in [0.2, 0.25) is 45.7 Å². The average Bonchev–Trinajstić information content (AvgIpc) is 1.64. The molecule has 0 aliphatic carbocycles. The van der Waals surface area contributed by atoms with E-state index in [0.29, 0.717) is 90.5 Å². The molecule has 32 nitrogen and oxygen atoms in total. The minimum atomic E-state index is -5.01. The first-order valence-corrected chi connectivity index (χ1v) is 38.7. The highest BCUT2D eigenvalue weighted by atomic mass is 32.3. The van der Waals surface area contributed by atoms with Crippen LogP contribution in [0.4, 0.5) is 14.4 Å². The smallest absolute Gasteiger partial charge is 0.418 e. The zero-order valence-corrected chi connectivity index (χ0v) is 59.7. The third-order valence-corrected chi connectivity index (χ3v) is 21.6. The summed E-state index contributed by atoms with van der Waals surface area (Å²) in [5.41, 5.74) is 5.92. The molecule has 9 aliphatic rings. The Balaban J connectivity index is 0.000000154. The van der Waals surface area contributed by atoms with E-state index >= 15 is 0 Å². The van der Waals surface area contributed by atoms with Gasteiger partial charge in [-0.15, -0.1) is 34.9 Å². The van der Waals surface area contributed by atoms with Crippen LogP contribution in [-0.4, -0.2) is 258 Å². The molecule has 34 heteroatoms. The van der Waals surface area contributed by atoms with Crippen LogP contribution in [0.25, 0.3) is 0 Å². The normalized spacial score (nSPS) is 24.8. The number of hydrogen-bond acceptors (Lipinski definition) is 24. The Bertz CT molecular complexity index is 3000. The van der Waals surface area contributed by atoms with Crippen LogP contribution >= 0.6 is 0 Å². The number of likely N-dealkylation sites (tertiary alicyclic amines) is 3. The van der Waals surface area contributed by atoms with Crippen molar-refractivity contribution in [2.24, 2.45) is 17.6 Å². The summed E-state index contributed by atoms with van der Waals surface area (Å²) in [4.78, 5) is 48.6. The molecule has 9 aliphatic heterocycles. The summed E-state index contributed by atoms with van der Waals surface area (Å²) in [5.74, 6) is 4.44. The number of nitrogens with two attached hydrogens (primary N) is 1. The number of hydrogen-bond donors (Lipinski definition) is 3. The van der Waals surface area contributed by atoms with Crippen LogP contribution in [0.15, 0.2) is 13.3 Å². The molecule has 9 fully saturated rings. The van der Waals surface area contributed by atoms with Crippen molar-refractivity contribution in [1.82, 2.24) is 75.2 Å². The highest BCUT2D eigenvalue weighted by molar-refractivity contribution is 7.81. The van der Waals surface area contributed by atoms with Crippen molar-refractivity contribution in [1.29, 1.82) is 0 Å². The van der Waals surface area contributed by atoms with Crippen LogP contribution < -0.4 is 5.73 Å². The van der Waals surface area contributed by atoms with Gasteiger partial charge in [0, 0.05) is 64.6 Å². The van der Waals surface area contributed by atoms with Gasteiger partial charge in [-0.05, 0) is 154 Å². The molecule has 6 atom stereocenters. The monoisotopic (exact) mass is 1410 g/mol. The molecule has 0 unspecified atom stereocenters. The molecule has 0 radical (unpaired) electrons. The quantitative estimate of drug-likeness (QED) is 0.0283. The van der Waals surface area contributed by atoms with Crippen molar-refractivity contribution in [3.05, 3.63) is 35.3 Å². The van der Waals surface area contributed by atoms with Gasteiger partial charge in [0.1, 0.15) is 18.1 Å². The number of carbonyl (C=O) groups excluding carboxylic acids is 3. The highest BCUT2D eigenvalue weighted by Gasteiger charge is 2.51. The van der Waals surface area contributed by atoms with Crippen molar-refractivity contribution in [3.63, 3.8) is 0 Å². The van der Waals surface area contributed by atoms with Crippen LogP contribution in [0, 0.1) is 11.8 Å². The van der Waals surface area contributed by atoms with Crippen molar-refractivity contribution in [2.45, 2.75) is 232 Å². The number of aromatic nitrogens is 6. The Kier molecular flexibility index (Phi) is 27.7. The average molecular weight is 1410 g/mol. The summed E-state index contributed by atoms with van der Waals surface area (Å²) in [5, 5.41) is 36.7. The molecule has 6 amide bonds.